The molecule has 1 nitrogen and oxygen atoms in total. The fourth-order valence-electron chi connectivity index (χ4n) is 1.52. The van der Waals surface area contributed by atoms with Gasteiger partial charge in [-0.15, -0.1) is 0 Å². The van der Waals surface area contributed by atoms with Gasteiger partial charge in [-0.3, -0.25) is 0 Å². The van der Waals surface area contributed by atoms with Crippen LogP contribution in [0.15, 0.2) is 42.5 Å². The molecule has 0 unspecified atom stereocenters. The number of hydrogen-bond acceptors (Lipinski definition) is 1. The van der Waals surface area contributed by atoms with Crippen molar-refractivity contribution in [1.82, 2.24) is 0 Å². The Morgan fingerprint density at radius 3 is 2.53 bits per heavy atom. The molecule has 0 saturated carbocycles. The normalized spacial score (nSPS) is 10.3. The summed E-state index contributed by atoms with van der Waals surface area (Å²) >= 11 is 0. The molecule has 2 rings (SSSR count). The predicted octanol–water partition coefficient (Wildman–Crippen LogP) is 3.85. The van der Waals surface area contributed by atoms with Crippen molar-refractivity contribution in [2.24, 2.45) is 0 Å². The van der Waals surface area contributed by atoms with Crippen LogP contribution in [0.5, 0.6) is 5.75 Å². The molecule has 0 aliphatic carbocycles. The molecule has 0 amide bonds. The molecule has 0 spiro atoms. The Kier molecular flexibility index (Phi) is 3.38. The molecule has 17 heavy (non-hydrogen) atoms. The summed E-state index contributed by atoms with van der Waals surface area (Å²) in [7, 11) is 0. The number of ether oxygens (including phenoxy) is 1. The predicted molar refractivity (Wildman–Crippen MR) is 61.9 cm³/mol. The van der Waals surface area contributed by atoms with Crippen LogP contribution in [-0.2, 0) is 6.61 Å². The van der Waals surface area contributed by atoms with Gasteiger partial charge in [0.05, 0.1) is 0 Å². The monoisotopic (exact) mass is 234 g/mol. The maximum absolute atomic E-state index is 13.3. The van der Waals surface area contributed by atoms with Gasteiger partial charge in [0.25, 0.3) is 0 Å². The van der Waals surface area contributed by atoms with Crippen molar-refractivity contribution in [3.05, 3.63) is 65.2 Å². The van der Waals surface area contributed by atoms with Crippen LogP contribution in [0.25, 0.3) is 0 Å². The van der Waals surface area contributed by atoms with Gasteiger partial charge in [0, 0.05) is 6.07 Å². The first-order valence-electron chi connectivity index (χ1n) is 5.29. The Bertz CT molecular complexity index is 523. The van der Waals surface area contributed by atoms with Crippen molar-refractivity contribution in [2.45, 2.75) is 13.5 Å². The molecule has 0 N–H and O–H groups in total. The number of aryl methyl sites for hydroxylation is 1. The molecule has 0 aliphatic heterocycles. The molecule has 0 saturated heterocycles. The van der Waals surface area contributed by atoms with Crippen LogP contribution in [0.3, 0.4) is 0 Å². The van der Waals surface area contributed by atoms with Crippen molar-refractivity contribution >= 4 is 0 Å². The second-order valence-corrected chi connectivity index (χ2v) is 3.79. The van der Waals surface area contributed by atoms with Gasteiger partial charge >= 0.3 is 0 Å². The Hall–Kier alpha value is -1.90. The lowest BCUT2D eigenvalue weighted by Gasteiger charge is -2.09. The summed E-state index contributed by atoms with van der Waals surface area (Å²) in [6.07, 6.45) is 0. The van der Waals surface area contributed by atoms with E-state index in [0.29, 0.717) is 0 Å². The molecule has 2 aromatic rings. The van der Waals surface area contributed by atoms with Crippen molar-refractivity contribution in [1.29, 1.82) is 0 Å². The number of benzene rings is 2. The lowest BCUT2D eigenvalue weighted by Crippen LogP contribution is -1.99. The van der Waals surface area contributed by atoms with Crippen LogP contribution in [0.4, 0.5) is 8.78 Å². The summed E-state index contributed by atoms with van der Waals surface area (Å²) in [5.41, 5.74) is 2.06. The van der Waals surface area contributed by atoms with E-state index in [1.807, 2.05) is 31.2 Å². The van der Waals surface area contributed by atoms with E-state index in [-0.39, 0.29) is 12.4 Å². The molecule has 0 radical (unpaired) electrons. The standard InChI is InChI=1S/C14H12F2O/c1-10-4-2-3-5-11(10)9-17-14-7-6-12(15)8-13(14)16/h2-8H,9H2,1H3. The maximum atomic E-state index is 13.3. The molecule has 3 heteroatoms. The minimum Gasteiger partial charge on any atom is -0.486 e. The first kappa shape index (κ1) is 11.6. The Labute approximate surface area is 98.7 Å². The van der Waals surface area contributed by atoms with Gasteiger partial charge in [0.2, 0.25) is 0 Å². The highest BCUT2D eigenvalue weighted by Gasteiger charge is 2.05. The van der Waals surface area contributed by atoms with E-state index in [4.69, 9.17) is 4.74 Å². The Morgan fingerprint density at radius 1 is 1.06 bits per heavy atom. The third kappa shape index (κ3) is 2.81. The van der Waals surface area contributed by atoms with Gasteiger partial charge in [0.1, 0.15) is 12.4 Å². The first-order chi connectivity index (χ1) is 8.16. The molecule has 88 valence electrons. The van der Waals surface area contributed by atoms with Gasteiger partial charge in [-0.2, -0.15) is 0 Å². The highest BCUT2D eigenvalue weighted by molar-refractivity contribution is 5.28. The van der Waals surface area contributed by atoms with E-state index in [9.17, 15) is 8.78 Å². The minimum absolute atomic E-state index is 0.0645. The SMILES string of the molecule is Cc1ccccc1COc1ccc(F)cc1F. The quantitative estimate of drug-likeness (QED) is 0.783. The zero-order chi connectivity index (χ0) is 12.3. The maximum Gasteiger partial charge on any atom is 0.167 e. The van der Waals surface area contributed by atoms with Crippen molar-refractivity contribution in [3.8, 4) is 5.75 Å². The van der Waals surface area contributed by atoms with E-state index < -0.39 is 11.6 Å². The number of rotatable bonds is 3. The molecule has 0 aromatic heterocycles. The third-order valence-corrected chi connectivity index (χ3v) is 2.54. The average molecular weight is 234 g/mol. The van der Waals surface area contributed by atoms with Crippen LogP contribution in [0.1, 0.15) is 11.1 Å². The lowest BCUT2D eigenvalue weighted by atomic mass is 10.1. The topological polar surface area (TPSA) is 9.23 Å². The summed E-state index contributed by atoms with van der Waals surface area (Å²) in [5.74, 6) is -1.22. The molecule has 0 heterocycles. The fraction of sp³-hybridized carbons (Fsp3) is 0.143. The summed E-state index contributed by atoms with van der Waals surface area (Å²) in [5, 5.41) is 0. The van der Waals surface area contributed by atoms with Crippen molar-refractivity contribution < 1.29 is 13.5 Å². The van der Waals surface area contributed by atoms with Crippen LogP contribution >= 0.6 is 0 Å². The smallest absolute Gasteiger partial charge is 0.167 e. The van der Waals surface area contributed by atoms with Gasteiger partial charge in [0.15, 0.2) is 11.6 Å². The minimum atomic E-state index is -0.682. The van der Waals surface area contributed by atoms with E-state index in [1.165, 1.54) is 12.1 Å². The molecular weight excluding hydrogens is 222 g/mol. The van der Waals surface area contributed by atoms with Gasteiger partial charge < -0.3 is 4.74 Å². The van der Waals surface area contributed by atoms with Crippen molar-refractivity contribution in [3.63, 3.8) is 0 Å². The lowest BCUT2D eigenvalue weighted by molar-refractivity contribution is 0.288. The zero-order valence-electron chi connectivity index (χ0n) is 9.41. The summed E-state index contributed by atoms with van der Waals surface area (Å²) in [6, 6.07) is 11.0. The summed E-state index contributed by atoms with van der Waals surface area (Å²) < 4.78 is 31.3. The fourth-order valence-corrected chi connectivity index (χ4v) is 1.52. The van der Waals surface area contributed by atoms with Crippen molar-refractivity contribution in [2.75, 3.05) is 0 Å². The first-order valence-corrected chi connectivity index (χ1v) is 5.29. The Morgan fingerprint density at radius 2 is 1.82 bits per heavy atom. The summed E-state index contributed by atoms with van der Waals surface area (Å²) in [6.45, 7) is 2.23. The molecule has 0 atom stereocenters. The molecule has 0 aliphatic rings. The second-order valence-electron chi connectivity index (χ2n) is 3.79. The van der Waals surface area contributed by atoms with E-state index >= 15 is 0 Å². The third-order valence-electron chi connectivity index (χ3n) is 2.54. The Balaban J connectivity index is 2.10. The van der Waals surface area contributed by atoms with Crippen LogP contribution in [-0.4, -0.2) is 0 Å². The molecular formula is C14H12F2O. The van der Waals surface area contributed by atoms with E-state index in [2.05, 4.69) is 0 Å². The van der Waals surface area contributed by atoms with Gasteiger partial charge in [-0.25, -0.2) is 8.78 Å². The van der Waals surface area contributed by atoms with Crippen LogP contribution < -0.4 is 4.74 Å². The molecule has 2 aromatic carbocycles. The zero-order valence-corrected chi connectivity index (χ0v) is 9.41. The van der Waals surface area contributed by atoms with Gasteiger partial charge in [-0.1, -0.05) is 24.3 Å². The highest BCUT2D eigenvalue weighted by atomic mass is 19.1. The van der Waals surface area contributed by atoms with E-state index in [0.717, 1.165) is 17.2 Å². The number of halogens is 2. The molecule has 0 fully saturated rings. The van der Waals surface area contributed by atoms with Crippen LogP contribution in [0.2, 0.25) is 0 Å². The number of hydrogen-bond donors (Lipinski definition) is 0. The molecule has 0 bridgehead atoms. The summed E-state index contributed by atoms with van der Waals surface area (Å²) in [4.78, 5) is 0. The second kappa shape index (κ2) is 4.95. The van der Waals surface area contributed by atoms with E-state index in [1.54, 1.807) is 0 Å². The van der Waals surface area contributed by atoms with Gasteiger partial charge in [-0.05, 0) is 30.2 Å². The van der Waals surface area contributed by atoms with Crippen LogP contribution in [0, 0.1) is 18.6 Å². The highest BCUT2D eigenvalue weighted by Crippen LogP contribution is 2.19. The average Bonchev–Trinajstić information content (AvgIpc) is 2.30. The largest absolute Gasteiger partial charge is 0.486 e.